The normalized spacial score (nSPS) is 14.4. The Balaban J connectivity index is 2.84. The highest BCUT2D eigenvalue weighted by molar-refractivity contribution is 6.18. The van der Waals surface area contributed by atoms with E-state index in [0.717, 1.165) is 5.56 Å². The van der Waals surface area contributed by atoms with Gasteiger partial charge in [0, 0.05) is 17.7 Å². The van der Waals surface area contributed by atoms with Gasteiger partial charge in [-0.15, -0.1) is 11.6 Å². The largest absolute Gasteiger partial charge is 0.480 e. The molecule has 1 amide bonds. The first kappa shape index (κ1) is 16.5. The molecule has 0 fully saturated rings. The van der Waals surface area contributed by atoms with Gasteiger partial charge in [-0.1, -0.05) is 37.3 Å². The smallest absolute Gasteiger partial charge is 0.328 e. The molecule has 0 aliphatic heterocycles. The van der Waals surface area contributed by atoms with Crippen molar-refractivity contribution in [1.29, 1.82) is 0 Å². The number of carboxylic acid groups (broad SMARTS) is 1. The molecule has 2 N–H and O–H groups in total. The van der Waals surface area contributed by atoms with E-state index in [2.05, 4.69) is 5.32 Å². The first-order valence-corrected chi connectivity index (χ1v) is 6.90. The minimum absolute atomic E-state index is 0.136. The van der Waals surface area contributed by atoms with Gasteiger partial charge >= 0.3 is 5.97 Å². The lowest BCUT2D eigenvalue weighted by atomic mass is 9.81. The predicted octanol–water partition coefficient (Wildman–Crippen LogP) is 2.55. The Morgan fingerprint density at radius 3 is 2.20 bits per heavy atom. The second-order valence-electron chi connectivity index (χ2n) is 5.72. The molecule has 0 radical (unpaired) electrons. The standard InChI is InChI=1S/C15H20ClNO3/c1-14(2,13(19)20)17-12(18)9-15(3,10-16)11-7-5-4-6-8-11/h4-8H,9-10H2,1-3H3,(H,17,18)(H,19,20). The van der Waals surface area contributed by atoms with Crippen LogP contribution in [-0.4, -0.2) is 28.4 Å². The Kier molecular flexibility index (Phi) is 5.17. The van der Waals surface area contributed by atoms with Crippen molar-refractivity contribution in [2.75, 3.05) is 5.88 Å². The fourth-order valence-corrected chi connectivity index (χ4v) is 2.12. The topological polar surface area (TPSA) is 66.4 Å². The Labute approximate surface area is 124 Å². The Bertz CT molecular complexity index is 487. The van der Waals surface area contributed by atoms with E-state index in [1.807, 2.05) is 37.3 Å². The molecule has 5 heteroatoms. The van der Waals surface area contributed by atoms with Crippen LogP contribution in [0.5, 0.6) is 0 Å². The van der Waals surface area contributed by atoms with Gasteiger partial charge in [-0.3, -0.25) is 4.79 Å². The quantitative estimate of drug-likeness (QED) is 0.793. The van der Waals surface area contributed by atoms with Crippen molar-refractivity contribution < 1.29 is 14.7 Å². The lowest BCUT2D eigenvalue weighted by molar-refractivity contribution is -0.146. The molecule has 1 aromatic carbocycles. The summed E-state index contributed by atoms with van der Waals surface area (Å²) in [4.78, 5) is 23.1. The van der Waals surface area contributed by atoms with Gasteiger partial charge in [0.15, 0.2) is 0 Å². The fraction of sp³-hybridized carbons (Fsp3) is 0.467. The van der Waals surface area contributed by atoms with E-state index in [-0.39, 0.29) is 18.2 Å². The molecule has 1 rings (SSSR count). The number of aliphatic carboxylic acids is 1. The molecule has 0 heterocycles. The van der Waals surface area contributed by atoms with Gasteiger partial charge in [-0.25, -0.2) is 4.79 Å². The number of carbonyl (C=O) groups is 2. The molecule has 0 bridgehead atoms. The van der Waals surface area contributed by atoms with Crippen LogP contribution in [0, 0.1) is 0 Å². The third-order valence-electron chi connectivity index (χ3n) is 3.30. The van der Waals surface area contributed by atoms with Crippen molar-refractivity contribution in [2.24, 2.45) is 0 Å². The molecule has 1 atom stereocenters. The maximum absolute atomic E-state index is 12.1. The highest BCUT2D eigenvalue weighted by atomic mass is 35.5. The van der Waals surface area contributed by atoms with Crippen molar-refractivity contribution in [1.82, 2.24) is 5.32 Å². The summed E-state index contributed by atoms with van der Waals surface area (Å²) in [6.07, 6.45) is 0.136. The number of hydrogen-bond acceptors (Lipinski definition) is 2. The molecule has 0 aromatic heterocycles. The van der Waals surface area contributed by atoms with Crippen molar-refractivity contribution in [3.05, 3.63) is 35.9 Å². The number of hydrogen-bond donors (Lipinski definition) is 2. The van der Waals surface area contributed by atoms with Crippen LogP contribution in [0.2, 0.25) is 0 Å². The summed E-state index contributed by atoms with van der Waals surface area (Å²) in [5.41, 5.74) is -0.860. The number of carbonyl (C=O) groups excluding carboxylic acids is 1. The van der Waals surface area contributed by atoms with Gasteiger partial charge in [-0.05, 0) is 19.4 Å². The molecule has 0 aliphatic rings. The summed E-state index contributed by atoms with van der Waals surface area (Å²) in [6, 6.07) is 9.50. The second-order valence-corrected chi connectivity index (χ2v) is 5.98. The molecular weight excluding hydrogens is 278 g/mol. The van der Waals surface area contributed by atoms with Gasteiger partial charge in [-0.2, -0.15) is 0 Å². The minimum Gasteiger partial charge on any atom is -0.480 e. The van der Waals surface area contributed by atoms with E-state index in [1.54, 1.807) is 0 Å². The lowest BCUT2D eigenvalue weighted by Crippen LogP contribution is -2.51. The molecule has 0 aliphatic carbocycles. The van der Waals surface area contributed by atoms with Crippen LogP contribution >= 0.6 is 11.6 Å². The monoisotopic (exact) mass is 297 g/mol. The maximum Gasteiger partial charge on any atom is 0.328 e. The summed E-state index contributed by atoms with van der Waals surface area (Å²) in [5.74, 6) is -1.12. The molecule has 1 aromatic rings. The van der Waals surface area contributed by atoms with Crippen molar-refractivity contribution in [3.63, 3.8) is 0 Å². The van der Waals surface area contributed by atoms with Crippen LogP contribution in [0.25, 0.3) is 0 Å². The number of amides is 1. The number of halogens is 1. The third kappa shape index (κ3) is 3.97. The average Bonchev–Trinajstić information content (AvgIpc) is 2.38. The van der Waals surface area contributed by atoms with Crippen LogP contribution in [0.15, 0.2) is 30.3 Å². The first-order valence-electron chi connectivity index (χ1n) is 6.37. The zero-order chi connectivity index (χ0) is 15.4. The molecule has 0 saturated carbocycles. The molecule has 0 saturated heterocycles. The molecular formula is C15H20ClNO3. The number of benzene rings is 1. The van der Waals surface area contributed by atoms with E-state index in [1.165, 1.54) is 13.8 Å². The Morgan fingerprint density at radius 2 is 1.75 bits per heavy atom. The summed E-state index contributed by atoms with van der Waals surface area (Å²) in [5, 5.41) is 11.5. The number of alkyl halides is 1. The van der Waals surface area contributed by atoms with E-state index < -0.39 is 16.9 Å². The summed E-state index contributed by atoms with van der Waals surface area (Å²) in [6.45, 7) is 4.80. The molecule has 20 heavy (non-hydrogen) atoms. The molecule has 1 unspecified atom stereocenters. The van der Waals surface area contributed by atoms with Gasteiger partial charge in [0.1, 0.15) is 5.54 Å². The van der Waals surface area contributed by atoms with Crippen LogP contribution < -0.4 is 5.32 Å². The van der Waals surface area contributed by atoms with Gasteiger partial charge in [0.25, 0.3) is 0 Å². The number of rotatable bonds is 6. The third-order valence-corrected chi connectivity index (χ3v) is 3.89. The van der Waals surface area contributed by atoms with E-state index in [9.17, 15) is 9.59 Å². The van der Waals surface area contributed by atoms with Gasteiger partial charge in [0.2, 0.25) is 5.91 Å². The van der Waals surface area contributed by atoms with E-state index >= 15 is 0 Å². The van der Waals surface area contributed by atoms with Crippen molar-refractivity contribution >= 4 is 23.5 Å². The first-order chi connectivity index (χ1) is 9.21. The zero-order valence-electron chi connectivity index (χ0n) is 11.9. The van der Waals surface area contributed by atoms with Crippen LogP contribution in [0.4, 0.5) is 0 Å². The van der Waals surface area contributed by atoms with Gasteiger partial charge in [0.05, 0.1) is 0 Å². The fourth-order valence-electron chi connectivity index (χ4n) is 1.87. The highest BCUT2D eigenvalue weighted by Gasteiger charge is 2.33. The van der Waals surface area contributed by atoms with Crippen LogP contribution in [0.1, 0.15) is 32.8 Å². The summed E-state index contributed by atoms with van der Waals surface area (Å²) >= 11 is 6.02. The Hall–Kier alpha value is -1.55. The molecule has 4 nitrogen and oxygen atoms in total. The molecule has 110 valence electrons. The predicted molar refractivity (Wildman–Crippen MR) is 79.0 cm³/mol. The minimum atomic E-state index is -1.29. The van der Waals surface area contributed by atoms with Crippen LogP contribution in [-0.2, 0) is 15.0 Å². The second kappa shape index (κ2) is 6.27. The average molecular weight is 298 g/mol. The van der Waals surface area contributed by atoms with Crippen LogP contribution in [0.3, 0.4) is 0 Å². The summed E-state index contributed by atoms with van der Waals surface area (Å²) < 4.78 is 0. The number of nitrogens with one attached hydrogen (secondary N) is 1. The SMILES string of the molecule is CC(C)(NC(=O)CC(C)(CCl)c1ccccc1)C(=O)O. The van der Waals surface area contributed by atoms with E-state index in [4.69, 9.17) is 16.7 Å². The van der Waals surface area contributed by atoms with Crippen molar-refractivity contribution in [3.8, 4) is 0 Å². The van der Waals surface area contributed by atoms with E-state index in [0.29, 0.717) is 0 Å². The summed E-state index contributed by atoms with van der Waals surface area (Å²) in [7, 11) is 0. The van der Waals surface area contributed by atoms with Gasteiger partial charge < -0.3 is 10.4 Å². The molecule has 0 spiro atoms. The lowest BCUT2D eigenvalue weighted by Gasteiger charge is -2.29. The number of carboxylic acids is 1. The van der Waals surface area contributed by atoms with Crippen molar-refractivity contribution in [2.45, 2.75) is 38.1 Å². The Morgan fingerprint density at radius 1 is 1.20 bits per heavy atom. The maximum atomic E-state index is 12.1. The zero-order valence-corrected chi connectivity index (χ0v) is 12.7. The highest BCUT2D eigenvalue weighted by Crippen LogP contribution is 2.29.